The normalized spacial score (nSPS) is 10.3. The molecule has 0 saturated heterocycles. The molecule has 0 aliphatic heterocycles. The second kappa shape index (κ2) is 4.04. The van der Waals surface area contributed by atoms with Crippen LogP contribution in [0, 0.1) is 4.91 Å². The lowest BCUT2D eigenvalue weighted by Crippen LogP contribution is -1.77. The lowest BCUT2D eigenvalue weighted by Gasteiger charge is -2.03. The molecule has 1 N–H and O–H groups in total. The van der Waals surface area contributed by atoms with Crippen molar-refractivity contribution in [1.82, 2.24) is 4.98 Å². The van der Waals surface area contributed by atoms with Gasteiger partial charge >= 0.3 is 0 Å². The van der Waals surface area contributed by atoms with Crippen molar-refractivity contribution in [3.63, 3.8) is 0 Å². The van der Waals surface area contributed by atoms with E-state index in [-0.39, 0.29) is 5.69 Å². The molecule has 3 nitrogen and oxygen atoms in total. The minimum Gasteiger partial charge on any atom is -0.366 e. The molecule has 0 bridgehead atoms. The molecule has 1 aromatic heterocycles. The SMILES string of the molecule is O=Nc1c(Cl)cccc1-c1c[nH]cc1Cl. The molecule has 0 spiro atoms. The first kappa shape index (κ1) is 10.2. The van der Waals surface area contributed by atoms with Gasteiger partial charge in [0.25, 0.3) is 0 Å². The number of nitrogens with zero attached hydrogens (tertiary/aromatic N) is 1. The first-order valence-electron chi connectivity index (χ1n) is 4.18. The molecular weight excluding hydrogens is 235 g/mol. The van der Waals surface area contributed by atoms with Gasteiger partial charge in [-0.25, -0.2) is 0 Å². The third-order valence-corrected chi connectivity index (χ3v) is 2.68. The van der Waals surface area contributed by atoms with Gasteiger partial charge in [0.2, 0.25) is 0 Å². The summed E-state index contributed by atoms with van der Waals surface area (Å²) < 4.78 is 0. The molecule has 1 heterocycles. The maximum Gasteiger partial charge on any atom is 0.134 e. The Balaban J connectivity index is 2.68. The number of rotatable bonds is 2. The van der Waals surface area contributed by atoms with E-state index in [1.165, 1.54) is 0 Å². The average Bonchev–Trinajstić information content (AvgIpc) is 2.64. The molecule has 5 heteroatoms. The van der Waals surface area contributed by atoms with E-state index in [1.54, 1.807) is 30.6 Å². The summed E-state index contributed by atoms with van der Waals surface area (Å²) >= 11 is 11.8. The summed E-state index contributed by atoms with van der Waals surface area (Å²) in [5.41, 5.74) is 1.55. The lowest BCUT2D eigenvalue weighted by atomic mass is 10.1. The van der Waals surface area contributed by atoms with Gasteiger partial charge in [-0.2, -0.15) is 0 Å². The lowest BCUT2D eigenvalue weighted by molar-refractivity contribution is 1.41. The Bertz CT molecular complexity index is 508. The van der Waals surface area contributed by atoms with Crippen molar-refractivity contribution in [3.05, 3.63) is 45.5 Å². The van der Waals surface area contributed by atoms with Crippen LogP contribution in [0.4, 0.5) is 5.69 Å². The van der Waals surface area contributed by atoms with Crippen molar-refractivity contribution >= 4 is 28.9 Å². The number of nitroso groups, excluding NO2 is 1. The van der Waals surface area contributed by atoms with Gasteiger partial charge in [-0.15, -0.1) is 4.91 Å². The molecule has 0 atom stereocenters. The van der Waals surface area contributed by atoms with Gasteiger partial charge in [-0.3, -0.25) is 0 Å². The minimum atomic E-state index is 0.209. The number of aromatic amines is 1. The summed E-state index contributed by atoms with van der Waals surface area (Å²) in [5, 5.41) is 3.76. The zero-order chi connectivity index (χ0) is 10.8. The molecular formula is C10H6Cl2N2O. The summed E-state index contributed by atoms with van der Waals surface area (Å²) in [4.78, 5) is 13.5. The first-order valence-corrected chi connectivity index (χ1v) is 4.94. The number of aromatic nitrogens is 1. The molecule has 15 heavy (non-hydrogen) atoms. The van der Waals surface area contributed by atoms with Crippen molar-refractivity contribution in [2.24, 2.45) is 5.18 Å². The van der Waals surface area contributed by atoms with E-state index in [0.29, 0.717) is 21.2 Å². The summed E-state index contributed by atoms with van der Waals surface area (Å²) in [5.74, 6) is 0. The van der Waals surface area contributed by atoms with Crippen LogP contribution in [0.1, 0.15) is 0 Å². The number of nitrogens with one attached hydrogen (secondary N) is 1. The highest BCUT2D eigenvalue weighted by Gasteiger charge is 2.12. The van der Waals surface area contributed by atoms with Gasteiger partial charge in [0.05, 0.1) is 10.0 Å². The molecule has 0 aliphatic rings. The Morgan fingerprint density at radius 1 is 1.07 bits per heavy atom. The fraction of sp³-hybridized carbons (Fsp3) is 0. The fourth-order valence-corrected chi connectivity index (χ4v) is 1.81. The van der Waals surface area contributed by atoms with E-state index in [2.05, 4.69) is 10.2 Å². The highest BCUT2D eigenvalue weighted by Crippen LogP contribution is 2.38. The summed E-state index contributed by atoms with van der Waals surface area (Å²) in [6, 6.07) is 5.11. The summed E-state index contributed by atoms with van der Waals surface area (Å²) in [7, 11) is 0. The van der Waals surface area contributed by atoms with E-state index < -0.39 is 0 Å². The fourth-order valence-electron chi connectivity index (χ4n) is 1.38. The van der Waals surface area contributed by atoms with Crippen LogP contribution in [-0.4, -0.2) is 4.98 Å². The van der Waals surface area contributed by atoms with Crippen LogP contribution in [0.2, 0.25) is 10.0 Å². The van der Waals surface area contributed by atoms with Crippen molar-refractivity contribution in [3.8, 4) is 11.1 Å². The largest absolute Gasteiger partial charge is 0.366 e. The maximum absolute atomic E-state index is 10.7. The zero-order valence-corrected chi connectivity index (χ0v) is 9.01. The third kappa shape index (κ3) is 1.76. The van der Waals surface area contributed by atoms with E-state index >= 15 is 0 Å². The third-order valence-electron chi connectivity index (χ3n) is 2.06. The molecule has 0 amide bonds. The number of benzene rings is 1. The Labute approximate surface area is 96.0 Å². The van der Waals surface area contributed by atoms with E-state index in [9.17, 15) is 4.91 Å². The van der Waals surface area contributed by atoms with Crippen molar-refractivity contribution in [1.29, 1.82) is 0 Å². The molecule has 0 saturated carbocycles. The number of halogens is 2. The minimum absolute atomic E-state index is 0.209. The zero-order valence-electron chi connectivity index (χ0n) is 7.50. The summed E-state index contributed by atoms with van der Waals surface area (Å²) in [6.07, 6.45) is 3.33. The topological polar surface area (TPSA) is 45.2 Å². The second-order valence-electron chi connectivity index (χ2n) is 2.94. The van der Waals surface area contributed by atoms with Crippen LogP contribution < -0.4 is 0 Å². The Hall–Kier alpha value is -1.32. The van der Waals surface area contributed by atoms with Crippen LogP contribution in [0.3, 0.4) is 0 Å². The summed E-state index contributed by atoms with van der Waals surface area (Å²) in [6.45, 7) is 0. The van der Waals surface area contributed by atoms with Crippen LogP contribution in [-0.2, 0) is 0 Å². The predicted molar refractivity (Wildman–Crippen MR) is 61.7 cm³/mol. The van der Waals surface area contributed by atoms with Gasteiger partial charge in [-0.05, 0) is 11.2 Å². The molecule has 0 aliphatic carbocycles. The standard InChI is InChI=1S/C10H6Cl2N2O/c11-8-3-1-2-6(10(8)14-15)7-4-13-5-9(7)12/h1-5,13H. The van der Waals surface area contributed by atoms with Gasteiger partial charge in [0, 0.05) is 23.5 Å². The van der Waals surface area contributed by atoms with Crippen molar-refractivity contribution in [2.45, 2.75) is 0 Å². The monoisotopic (exact) mass is 240 g/mol. The van der Waals surface area contributed by atoms with Crippen LogP contribution in [0.25, 0.3) is 11.1 Å². The highest BCUT2D eigenvalue weighted by molar-refractivity contribution is 6.35. The predicted octanol–water partition coefficient (Wildman–Crippen LogP) is 4.39. The van der Waals surface area contributed by atoms with Crippen LogP contribution in [0.15, 0.2) is 35.8 Å². The van der Waals surface area contributed by atoms with Crippen LogP contribution >= 0.6 is 23.2 Å². The van der Waals surface area contributed by atoms with E-state index in [4.69, 9.17) is 23.2 Å². The smallest absolute Gasteiger partial charge is 0.134 e. The highest BCUT2D eigenvalue weighted by atomic mass is 35.5. The molecule has 0 unspecified atom stereocenters. The molecule has 76 valence electrons. The van der Waals surface area contributed by atoms with Gasteiger partial charge in [-0.1, -0.05) is 35.3 Å². The molecule has 2 aromatic rings. The molecule has 2 rings (SSSR count). The Kier molecular flexibility index (Phi) is 2.75. The van der Waals surface area contributed by atoms with Crippen molar-refractivity contribution in [2.75, 3.05) is 0 Å². The molecule has 0 fully saturated rings. The van der Waals surface area contributed by atoms with E-state index in [1.807, 2.05) is 0 Å². The maximum atomic E-state index is 10.7. The number of hydrogen-bond acceptors (Lipinski definition) is 2. The van der Waals surface area contributed by atoms with E-state index in [0.717, 1.165) is 0 Å². The number of hydrogen-bond donors (Lipinski definition) is 1. The average molecular weight is 241 g/mol. The van der Waals surface area contributed by atoms with Crippen molar-refractivity contribution < 1.29 is 0 Å². The first-order chi connectivity index (χ1) is 7.24. The second-order valence-corrected chi connectivity index (χ2v) is 3.76. The number of H-pyrrole nitrogens is 1. The molecule has 0 radical (unpaired) electrons. The van der Waals surface area contributed by atoms with Gasteiger partial charge < -0.3 is 4.98 Å². The quantitative estimate of drug-likeness (QED) is 0.778. The van der Waals surface area contributed by atoms with Crippen LogP contribution in [0.5, 0.6) is 0 Å². The Morgan fingerprint density at radius 2 is 1.87 bits per heavy atom. The van der Waals surface area contributed by atoms with Gasteiger partial charge in [0.1, 0.15) is 5.69 Å². The Morgan fingerprint density at radius 3 is 2.47 bits per heavy atom. The molecule has 1 aromatic carbocycles. The van der Waals surface area contributed by atoms with Gasteiger partial charge in [0.15, 0.2) is 0 Å².